The Balaban J connectivity index is 1.91. The number of ether oxygens (including phenoxy) is 1. The number of aryl methyl sites for hydroxylation is 1. The van der Waals surface area contributed by atoms with E-state index in [2.05, 4.69) is 5.10 Å². The van der Waals surface area contributed by atoms with Gasteiger partial charge in [0.2, 0.25) is 0 Å². The van der Waals surface area contributed by atoms with E-state index in [-0.39, 0.29) is 25.6 Å². The van der Waals surface area contributed by atoms with Crippen molar-refractivity contribution in [1.29, 1.82) is 0 Å². The molecule has 0 atom stereocenters. The second kappa shape index (κ2) is 6.15. The Morgan fingerprint density at radius 3 is 2.79 bits per heavy atom. The first-order valence-corrected chi connectivity index (χ1v) is 6.01. The average molecular weight is 260 g/mol. The fraction of sp³-hybridized carbons (Fsp3) is 0.286. The zero-order chi connectivity index (χ0) is 13.7. The molecule has 2 aromatic rings. The second-order valence-corrected chi connectivity index (χ2v) is 4.26. The Bertz CT molecular complexity index is 549. The average Bonchev–Trinajstić information content (AvgIpc) is 2.77. The molecule has 1 N–H and O–H groups in total. The van der Waals surface area contributed by atoms with E-state index in [4.69, 9.17) is 9.84 Å². The molecule has 0 unspecified atom stereocenters. The van der Waals surface area contributed by atoms with Crippen molar-refractivity contribution in [3.05, 3.63) is 53.3 Å². The van der Waals surface area contributed by atoms with Gasteiger partial charge in [-0.1, -0.05) is 30.3 Å². The molecular formula is C14H16N2O3. The van der Waals surface area contributed by atoms with Crippen LogP contribution >= 0.6 is 0 Å². The molecule has 0 aliphatic rings. The predicted octanol–water partition coefficient (Wildman–Crippen LogP) is 1.20. The maximum atomic E-state index is 11.7. The highest BCUT2D eigenvalue weighted by molar-refractivity contribution is 5.72. The number of aliphatic hydroxyl groups excluding tert-OH is 1. The van der Waals surface area contributed by atoms with Crippen LogP contribution in [0.2, 0.25) is 0 Å². The van der Waals surface area contributed by atoms with Crippen molar-refractivity contribution in [2.24, 2.45) is 7.05 Å². The number of rotatable bonds is 5. The van der Waals surface area contributed by atoms with Gasteiger partial charge in [-0.3, -0.25) is 9.48 Å². The Labute approximate surface area is 111 Å². The second-order valence-electron chi connectivity index (χ2n) is 4.26. The van der Waals surface area contributed by atoms with E-state index < -0.39 is 0 Å². The summed E-state index contributed by atoms with van der Waals surface area (Å²) in [5.41, 5.74) is 2.16. The molecule has 5 heteroatoms. The highest BCUT2D eigenvalue weighted by Gasteiger charge is 2.12. The van der Waals surface area contributed by atoms with Gasteiger partial charge in [0.15, 0.2) is 0 Å². The third-order valence-corrected chi connectivity index (χ3v) is 2.72. The fourth-order valence-corrected chi connectivity index (χ4v) is 1.81. The predicted molar refractivity (Wildman–Crippen MR) is 69.1 cm³/mol. The smallest absolute Gasteiger partial charge is 0.310 e. The van der Waals surface area contributed by atoms with Crippen molar-refractivity contribution in [2.45, 2.75) is 19.6 Å². The van der Waals surface area contributed by atoms with Gasteiger partial charge in [-0.25, -0.2) is 0 Å². The van der Waals surface area contributed by atoms with Gasteiger partial charge < -0.3 is 9.84 Å². The van der Waals surface area contributed by atoms with Gasteiger partial charge >= 0.3 is 5.97 Å². The van der Waals surface area contributed by atoms with Crippen LogP contribution in [-0.2, 0) is 36.2 Å². The number of benzene rings is 1. The zero-order valence-corrected chi connectivity index (χ0v) is 10.7. The van der Waals surface area contributed by atoms with Crippen LogP contribution in [0.15, 0.2) is 36.5 Å². The Hall–Kier alpha value is -2.14. The molecule has 0 spiro atoms. The van der Waals surface area contributed by atoms with Crippen LogP contribution in [0.25, 0.3) is 0 Å². The molecule has 0 radical (unpaired) electrons. The number of aliphatic hydroxyl groups is 1. The van der Waals surface area contributed by atoms with E-state index in [9.17, 15) is 4.79 Å². The molecule has 0 bridgehead atoms. The Kier molecular flexibility index (Phi) is 4.30. The molecule has 0 aliphatic heterocycles. The minimum atomic E-state index is -0.327. The SMILES string of the molecule is Cn1cc(CC(=O)OCc2ccccc2)c(CO)n1. The van der Waals surface area contributed by atoms with E-state index in [0.29, 0.717) is 11.3 Å². The molecule has 2 rings (SSSR count). The lowest BCUT2D eigenvalue weighted by molar-refractivity contribution is -0.144. The van der Waals surface area contributed by atoms with Gasteiger partial charge in [-0.2, -0.15) is 5.10 Å². The molecule has 0 aliphatic carbocycles. The standard InChI is InChI=1S/C14H16N2O3/c1-16-8-12(13(9-17)15-16)7-14(18)19-10-11-5-3-2-4-6-11/h2-6,8,17H,7,9-10H2,1H3. The number of carbonyl (C=O) groups excluding carboxylic acids is 1. The number of hydrogen-bond donors (Lipinski definition) is 1. The molecule has 1 heterocycles. The van der Waals surface area contributed by atoms with Crippen LogP contribution in [0.4, 0.5) is 0 Å². The quantitative estimate of drug-likeness (QED) is 0.820. The summed E-state index contributed by atoms with van der Waals surface area (Å²) in [7, 11) is 1.75. The first-order chi connectivity index (χ1) is 9.19. The van der Waals surface area contributed by atoms with E-state index in [1.54, 1.807) is 17.9 Å². The van der Waals surface area contributed by atoms with Gasteiger partial charge in [0.05, 0.1) is 18.7 Å². The number of aromatic nitrogens is 2. The number of carbonyl (C=O) groups is 1. The first kappa shape index (κ1) is 13.3. The van der Waals surface area contributed by atoms with Crippen LogP contribution in [0.5, 0.6) is 0 Å². The zero-order valence-electron chi connectivity index (χ0n) is 10.7. The summed E-state index contributed by atoms with van der Waals surface area (Å²) < 4.78 is 6.76. The molecule has 5 nitrogen and oxygen atoms in total. The first-order valence-electron chi connectivity index (χ1n) is 6.01. The van der Waals surface area contributed by atoms with Crippen molar-refractivity contribution >= 4 is 5.97 Å². The third kappa shape index (κ3) is 3.66. The molecule has 1 aromatic heterocycles. The van der Waals surface area contributed by atoms with Gasteiger partial charge in [0.1, 0.15) is 6.61 Å². The third-order valence-electron chi connectivity index (χ3n) is 2.72. The summed E-state index contributed by atoms with van der Waals surface area (Å²) in [5.74, 6) is -0.327. The lowest BCUT2D eigenvalue weighted by Gasteiger charge is -2.04. The van der Waals surface area contributed by atoms with Crippen LogP contribution in [0.3, 0.4) is 0 Å². The highest BCUT2D eigenvalue weighted by Crippen LogP contribution is 2.09. The lowest BCUT2D eigenvalue weighted by atomic mass is 10.2. The van der Waals surface area contributed by atoms with Crippen LogP contribution in [-0.4, -0.2) is 20.9 Å². The summed E-state index contributed by atoms with van der Waals surface area (Å²) in [4.78, 5) is 11.7. The van der Waals surface area contributed by atoms with Gasteiger partial charge in [0, 0.05) is 18.8 Å². The van der Waals surface area contributed by atoms with Crippen molar-refractivity contribution in [3.63, 3.8) is 0 Å². The number of esters is 1. The molecule has 1 aromatic carbocycles. The Morgan fingerprint density at radius 1 is 1.37 bits per heavy atom. The maximum absolute atomic E-state index is 11.7. The molecule has 100 valence electrons. The minimum Gasteiger partial charge on any atom is -0.461 e. The monoisotopic (exact) mass is 260 g/mol. The van der Waals surface area contributed by atoms with Crippen molar-refractivity contribution in [3.8, 4) is 0 Å². The highest BCUT2D eigenvalue weighted by atomic mass is 16.5. The van der Waals surface area contributed by atoms with Crippen LogP contribution < -0.4 is 0 Å². The molecule has 0 fully saturated rings. The van der Waals surface area contributed by atoms with Crippen molar-refractivity contribution in [1.82, 2.24) is 9.78 Å². The van der Waals surface area contributed by atoms with Gasteiger partial charge in [0.25, 0.3) is 0 Å². The maximum Gasteiger partial charge on any atom is 0.310 e. The molecular weight excluding hydrogens is 244 g/mol. The minimum absolute atomic E-state index is 0.122. The number of hydrogen-bond acceptors (Lipinski definition) is 4. The van der Waals surface area contributed by atoms with Crippen LogP contribution in [0.1, 0.15) is 16.8 Å². The summed E-state index contributed by atoms with van der Waals surface area (Å²) in [5, 5.41) is 13.2. The summed E-state index contributed by atoms with van der Waals surface area (Å²) in [6.45, 7) is 0.0799. The molecule has 19 heavy (non-hydrogen) atoms. The van der Waals surface area contributed by atoms with E-state index in [1.165, 1.54) is 0 Å². The van der Waals surface area contributed by atoms with E-state index >= 15 is 0 Å². The topological polar surface area (TPSA) is 64.3 Å². The lowest BCUT2D eigenvalue weighted by Crippen LogP contribution is -2.09. The fourth-order valence-electron chi connectivity index (χ4n) is 1.81. The summed E-state index contributed by atoms with van der Waals surface area (Å²) in [6, 6.07) is 9.50. The largest absolute Gasteiger partial charge is 0.461 e. The normalized spacial score (nSPS) is 10.4. The van der Waals surface area contributed by atoms with Crippen molar-refractivity contribution in [2.75, 3.05) is 0 Å². The van der Waals surface area contributed by atoms with Gasteiger partial charge in [-0.05, 0) is 5.56 Å². The summed E-state index contributed by atoms with van der Waals surface area (Å²) in [6.07, 6.45) is 1.84. The molecule has 0 saturated heterocycles. The van der Waals surface area contributed by atoms with Crippen molar-refractivity contribution < 1.29 is 14.6 Å². The van der Waals surface area contributed by atoms with E-state index in [1.807, 2.05) is 30.3 Å². The van der Waals surface area contributed by atoms with Gasteiger partial charge in [-0.15, -0.1) is 0 Å². The van der Waals surface area contributed by atoms with Crippen LogP contribution in [0, 0.1) is 0 Å². The molecule has 0 saturated carbocycles. The summed E-state index contributed by atoms with van der Waals surface area (Å²) >= 11 is 0. The van der Waals surface area contributed by atoms with E-state index in [0.717, 1.165) is 5.56 Å². The Morgan fingerprint density at radius 2 is 2.11 bits per heavy atom. The number of nitrogens with zero attached hydrogens (tertiary/aromatic N) is 2. The molecule has 0 amide bonds.